The van der Waals surface area contributed by atoms with E-state index >= 15 is 0 Å². The third-order valence-corrected chi connectivity index (χ3v) is 3.08. The molecular formula is C12H15N7O. The van der Waals surface area contributed by atoms with Crippen LogP contribution in [0.4, 0.5) is 5.95 Å². The quantitative estimate of drug-likeness (QED) is 0.735. The van der Waals surface area contributed by atoms with E-state index in [1.54, 1.807) is 19.6 Å². The Morgan fingerprint density at radius 1 is 1.30 bits per heavy atom. The molecule has 0 fully saturated rings. The van der Waals surface area contributed by atoms with E-state index in [4.69, 9.17) is 10.5 Å². The first-order chi connectivity index (χ1) is 9.79. The van der Waals surface area contributed by atoms with E-state index < -0.39 is 0 Å². The van der Waals surface area contributed by atoms with Crippen molar-refractivity contribution in [1.82, 2.24) is 29.1 Å². The van der Waals surface area contributed by atoms with E-state index in [0.29, 0.717) is 23.0 Å². The molecular weight excluding hydrogens is 258 g/mol. The number of nitrogens with two attached hydrogens (primary N) is 1. The number of aromatic nitrogens is 6. The smallest absolute Gasteiger partial charge is 0.245 e. The second kappa shape index (κ2) is 5.16. The van der Waals surface area contributed by atoms with E-state index in [2.05, 4.69) is 19.9 Å². The Bertz CT molecular complexity index is 704. The highest BCUT2D eigenvalue weighted by molar-refractivity contribution is 5.78. The SMILES string of the molecule is COc1ncnc2c1nc(N)n2CCCn1ccnc1. The number of imidazole rings is 2. The summed E-state index contributed by atoms with van der Waals surface area (Å²) < 4.78 is 9.05. The van der Waals surface area contributed by atoms with Crippen LogP contribution in [-0.2, 0) is 13.1 Å². The summed E-state index contributed by atoms with van der Waals surface area (Å²) >= 11 is 0. The first kappa shape index (κ1) is 12.4. The van der Waals surface area contributed by atoms with Crippen molar-refractivity contribution in [3.63, 3.8) is 0 Å². The number of hydrogen-bond donors (Lipinski definition) is 1. The number of fused-ring (bicyclic) bond motifs is 1. The Morgan fingerprint density at radius 3 is 2.95 bits per heavy atom. The highest BCUT2D eigenvalue weighted by Crippen LogP contribution is 2.22. The summed E-state index contributed by atoms with van der Waals surface area (Å²) in [5.41, 5.74) is 7.23. The summed E-state index contributed by atoms with van der Waals surface area (Å²) in [6, 6.07) is 0. The second-order valence-corrected chi connectivity index (χ2v) is 4.33. The van der Waals surface area contributed by atoms with Crippen LogP contribution in [0.2, 0.25) is 0 Å². The molecule has 3 aromatic rings. The topological polar surface area (TPSA) is 96.7 Å². The number of nitrogen functional groups attached to an aromatic ring is 1. The highest BCUT2D eigenvalue weighted by Gasteiger charge is 2.14. The fraction of sp³-hybridized carbons (Fsp3) is 0.333. The summed E-state index contributed by atoms with van der Waals surface area (Å²) in [6.45, 7) is 1.59. The van der Waals surface area contributed by atoms with Gasteiger partial charge in [0.1, 0.15) is 6.33 Å². The predicted octanol–water partition coefficient (Wildman–Crippen LogP) is 0.704. The summed E-state index contributed by atoms with van der Waals surface area (Å²) in [7, 11) is 1.55. The van der Waals surface area contributed by atoms with E-state index in [1.165, 1.54) is 6.33 Å². The van der Waals surface area contributed by atoms with Crippen LogP contribution in [0, 0.1) is 0 Å². The molecule has 0 saturated carbocycles. The third kappa shape index (κ3) is 2.15. The van der Waals surface area contributed by atoms with Crippen LogP contribution in [0.15, 0.2) is 25.0 Å². The van der Waals surface area contributed by atoms with Crippen LogP contribution in [-0.4, -0.2) is 36.2 Å². The first-order valence-electron chi connectivity index (χ1n) is 6.26. The lowest BCUT2D eigenvalue weighted by Crippen LogP contribution is -2.07. The molecule has 0 aromatic carbocycles. The van der Waals surface area contributed by atoms with E-state index in [1.807, 2.05) is 15.3 Å². The lowest BCUT2D eigenvalue weighted by Gasteiger charge is -2.06. The molecule has 3 heterocycles. The number of anilines is 1. The average Bonchev–Trinajstić information content (AvgIpc) is 3.07. The summed E-state index contributed by atoms with van der Waals surface area (Å²) in [5.74, 6) is 0.861. The Balaban J connectivity index is 1.82. The molecule has 0 radical (unpaired) electrons. The van der Waals surface area contributed by atoms with Gasteiger partial charge in [-0.15, -0.1) is 0 Å². The van der Waals surface area contributed by atoms with Gasteiger partial charge in [-0.25, -0.2) is 15.0 Å². The van der Waals surface area contributed by atoms with Crippen molar-refractivity contribution >= 4 is 17.1 Å². The number of aryl methyl sites for hydroxylation is 2. The summed E-state index contributed by atoms with van der Waals surface area (Å²) in [5, 5.41) is 0. The van der Waals surface area contributed by atoms with Gasteiger partial charge >= 0.3 is 0 Å². The number of nitrogens with zero attached hydrogens (tertiary/aromatic N) is 6. The van der Waals surface area contributed by atoms with Crippen molar-refractivity contribution < 1.29 is 4.74 Å². The molecule has 0 atom stereocenters. The van der Waals surface area contributed by atoms with Gasteiger partial charge in [-0.2, -0.15) is 4.98 Å². The van der Waals surface area contributed by atoms with Crippen molar-refractivity contribution in [1.29, 1.82) is 0 Å². The largest absolute Gasteiger partial charge is 0.479 e. The molecule has 0 spiro atoms. The Hall–Kier alpha value is -2.64. The average molecular weight is 273 g/mol. The fourth-order valence-corrected chi connectivity index (χ4v) is 2.13. The first-order valence-corrected chi connectivity index (χ1v) is 6.26. The second-order valence-electron chi connectivity index (χ2n) is 4.33. The summed E-state index contributed by atoms with van der Waals surface area (Å²) in [6.07, 6.45) is 7.84. The minimum atomic E-state index is 0.421. The zero-order valence-electron chi connectivity index (χ0n) is 11.1. The maximum atomic E-state index is 5.95. The van der Waals surface area contributed by atoms with Crippen LogP contribution < -0.4 is 10.5 Å². The molecule has 0 bridgehead atoms. The zero-order chi connectivity index (χ0) is 13.9. The van der Waals surface area contributed by atoms with Gasteiger partial charge in [0.25, 0.3) is 0 Å². The fourth-order valence-electron chi connectivity index (χ4n) is 2.13. The lowest BCUT2D eigenvalue weighted by atomic mass is 10.4. The van der Waals surface area contributed by atoms with Crippen LogP contribution in [0.3, 0.4) is 0 Å². The van der Waals surface area contributed by atoms with Gasteiger partial charge in [0, 0.05) is 25.5 Å². The van der Waals surface area contributed by atoms with Crippen molar-refractivity contribution in [3.05, 3.63) is 25.0 Å². The molecule has 0 saturated heterocycles. The van der Waals surface area contributed by atoms with Gasteiger partial charge in [0.05, 0.1) is 13.4 Å². The van der Waals surface area contributed by atoms with Gasteiger partial charge in [0.2, 0.25) is 11.8 Å². The number of hydrogen-bond acceptors (Lipinski definition) is 6. The van der Waals surface area contributed by atoms with Crippen molar-refractivity contribution in [2.75, 3.05) is 12.8 Å². The lowest BCUT2D eigenvalue weighted by molar-refractivity contribution is 0.401. The molecule has 0 aliphatic heterocycles. The normalized spacial score (nSPS) is 11.1. The number of rotatable bonds is 5. The van der Waals surface area contributed by atoms with E-state index in [0.717, 1.165) is 19.5 Å². The molecule has 104 valence electrons. The van der Waals surface area contributed by atoms with Crippen molar-refractivity contribution in [2.24, 2.45) is 0 Å². The molecule has 3 aromatic heterocycles. The van der Waals surface area contributed by atoms with Crippen molar-refractivity contribution in [2.45, 2.75) is 19.5 Å². The monoisotopic (exact) mass is 273 g/mol. The van der Waals surface area contributed by atoms with Gasteiger partial charge < -0.3 is 15.0 Å². The molecule has 8 nitrogen and oxygen atoms in total. The molecule has 3 rings (SSSR count). The molecule has 0 aliphatic carbocycles. The van der Waals surface area contributed by atoms with E-state index in [-0.39, 0.29) is 0 Å². The molecule has 2 N–H and O–H groups in total. The predicted molar refractivity (Wildman–Crippen MR) is 73.1 cm³/mol. The summed E-state index contributed by atoms with van der Waals surface area (Å²) in [4.78, 5) is 16.5. The van der Waals surface area contributed by atoms with E-state index in [9.17, 15) is 0 Å². The minimum Gasteiger partial charge on any atom is -0.479 e. The molecule has 0 aliphatic rings. The molecule has 0 unspecified atom stereocenters. The highest BCUT2D eigenvalue weighted by atomic mass is 16.5. The maximum Gasteiger partial charge on any atom is 0.245 e. The molecule has 0 amide bonds. The number of ether oxygens (including phenoxy) is 1. The molecule has 8 heteroatoms. The maximum absolute atomic E-state index is 5.95. The third-order valence-electron chi connectivity index (χ3n) is 3.08. The van der Waals surface area contributed by atoms with Gasteiger partial charge in [-0.05, 0) is 6.42 Å². The zero-order valence-corrected chi connectivity index (χ0v) is 11.1. The van der Waals surface area contributed by atoms with Crippen LogP contribution in [0.1, 0.15) is 6.42 Å². The Labute approximate surface area is 115 Å². The minimum absolute atomic E-state index is 0.421. The van der Waals surface area contributed by atoms with Crippen LogP contribution in [0.25, 0.3) is 11.2 Å². The van der Waals surface area contributed by atoms with Gasteiger partial charge in [0.15, 0.2) is 11.2 Å². The molecule has 20 heavy (non-hydrogen) atoms. The van der Waals surface area contributed by atoms with Crippen LogP contribution >= 0.6 is 0 Å². The number of methoxy groups -OCH3 is 1. The Morgan fingerprint density at radius 2 is 2.20 bits per heavy atom. The van der Waals surface area contributed by atoms with Gasteiger partial charge in [-0.3, -0.25) is 4.57 Å². The van der Waals surface area contributed by atoms with Crippen molar-refractivity contribution in [3.8, 4) is 5.88 Å². The standard InChI is InChI=1S/C12H15N7O/c1-20-11-9-10(15-7-16-11)19(12(13)17-9)5-2-4-18-6-3-14-8-18/h3,6-8H,2,4-5H2,1H3,(H2,13,17). The van der Waals surface area contributed by atoms with Crippen LogP contribution in [0.5, 0.6) is 5.88 Å². The van der Waals surface area contributed by atoms with Gasteiger partial charge in [-0.1, -0.05) is 0 Å². The Kier molecular flexibility index (Phi) is 3.20.